The molecule has 0 saturated carbocycles. The number of hydrogen-bond donors (Lipinski definition) is 2. The zero-order chi connectivity index (χ0) is 23.0. The normalized spacial score (nSPS) is 20.9. The third-order valence-electron chi connectivity index (χ3n) is 4.66. The van der Waals surface area contributed by atoms with Crippen LogP contribution in [-0.2, 0) is 9.59 Å². The molecule has 1 aliphatic heterocycles. The third-order valence-corrected chi connectivity index (χ3v) is 5.22. The van der Waals surface area contributed by atoms with Crippen LogP contribution in [0, 0.1) is 5.92 Å². The Morgan fingerprint density at radius 2 is 1.65 bits per heavy atom. The molecule has 2 N–H and O–H groups in total. The van der Waals surface area contributed by atoms with E-state index in [2.05, 4.69) is 5.10 Å². The molecule has 8 nitrogen and oxygen atoms in total. The van der Waals surface area contributed by atoms with Crippen molar-refractivity contribution in [2.24, 2.45) is 11.0 Å². The zero-order valence-electron chi connectivity index (χ0n) is 15.8. The van der Waals surface area contributed by atoms with E-state index in [1.807, 2.05) is 0 Å². The van der Waals surface area contributed by atoms with Crippen LogP contribution in [0.1, 0.15) is 15.9 Å². The summed E-state index contributed by atoms with van der Waals surface area (Å²) in [4.78, 5) is 38.1. The minimum Gasteiger partial charge on any atom is -0.497 e. The van der Waals surface area contributed by atoms with E-state index in [0.717, 1.165) is 0 Å². The number of ether oxygens (including phenoxy) is 1. The maximum absolute atomic E-state index is 13.0. The first-order valence-electron chi connectivity index (χ1n) is 8.71. The first-order chi connectivity index (χ1) is 14.5. The Balaban J connectivity index is 2.21. The maximum atomic E-state index is 13.0. The highest BCUT2D eigenvalue weighted by molar-refractivity contribution is 6.77. The average molecular weight is 486 g/mol. The van der Waals surface area contributed by atoms with Crippen LogP contribution in [-0.4, -0.2) is 55.2 Å². The number of aliphatic hydroxyl groups is 1. The van der Waals surface area contributed by atoms with E-state index in [1.165, 1.54) is 43.5 Å². The molecule has 11 heteroatoms. The van der Waals surface area contributed by atoms with Crippen molar-refractivity contribution in [3.8, 4) is 5.75 Å². The molecule has 31 heavy (non-hydrogen) atoms. The van der Waals surface area contributed by atoms with Crippen LogP contribution in [0.15, 0.2) is 59.7 Å². The second kappa shape index (κ2) is 8.47. The van der Waals surface area contributed by atoms with E-state index in [4.69, 9.17) is 39.5 Å². The summed E-state index contributed by atoms with van der Waals surface area (Å²) in [5, 5.41) is 25.3. The Bertz CT molecular complexity index is 1050. The highest BCUT2D eigenvalue weighted by Crippen LogP contribution is 2.42. The van der Waals surface area contributed by atoms with E-state index in [1.54, 1.807) is 18.2 Å². The number of nitrogens with zero attached hydrogens (tertiary/aromatic N) is 2. The minimum absolute atomic E-state index is 0.0296. The van der Waals surface area contributed by atoms with Gasteiger partial charge in [-0.2, -0.15) is 10.1 Å². The molecule has 3 rings (SSSR count). The number of methoxy groups -OCH3 is 1. The number of hydrogen-bond acceptors (Lipinski definition) is 6. The lowest BCUT2D eigenvalue weighted by molar-refractivity contribution is -0.182. The number of aliphatic carboxylic acids is 1. The van der Waals surface area contributed by atoms with Crippen LogP contribution < -0.4 is 4.74 Å². The van der Waals surface area contributed by atoms with Gasteiger partial charge < -0.3 is 14.9 Å². The number of amides is 1. The van der Waals surface area contributed by atoms with Crippen molar-refractivity contribution in [3.05, 3.63) is 65.7 Å². The first-order valence-corrected chi connectivity index (χ1v) is 9.84. The van der Waals surface area contributed by atoms with Crippen molar-refractivity contribution in [2.75, 3.05) is 7.11 Å². The lowest BCUT2D eigenvalue weighted by Gasteiger charge is -2.32. The van der Waals surface area contributed by atoms with Crippen LogP contribution in [0.2, 0.25) is 0 Å². The number of Topliss-reactive ketones (excluding diaryl/α,β-unsaturated/α-hetero) is 1. The van der Waals surface area contributed by atoms with Gasteiger partial charge in [-0.15, -0.1) is 0 Å². The number of alkyl halides is 3. The molecule has 0 aliphatic carbocycles. The van der Waals surface area contributed by atoms with Gasteiger partial charge in [0.05, 0.1) is 12.8 Å². The molecule has 0 bridgehead atoms. The van der Waals surface area contributed by atoms with Gasteiger partial charge in [0.2, 0.25) is 3.79 Å². The summed E-state index contributed by atoms with van der Waals surface area (Å²) in [5.41, 5.74) is -3.14. The van der Waals surface area contributed by atoms with Gasteiger partial charge in [0, 0.05) is 5.56 Å². The zero-order valence-corrected chi connectivity index (χ0v) is 18.1. The summed E-state index contributed by atoms with van der Waals surface area (Å²) in [6.07, 6.45) is 0. The average Bonchev–Trinajstić information content (AvgIpc) is 3.07. The molecule has 0 spiro atoms. The maximum Gasteiger partial charge on any atom is 0.360 e. The first kappa shape index (κ1) is 23.0. The molecule has 0 radical (unpaired) electrons. The third kappa shape index (κ3) is 4.12. The number of carboxylic acid groups (broad SMARTS) is 1. The number of rotatable bonds is 5. The van der Waals surface area contributed by atoms with Gasteiger partial charge in [-0.3, -0.25) is 9.59 Å². The van der Waals surface area contributed by atoms with Crippen LogP contribution in [0.4, 0.5) is 0 Å². The smallest absolute Gasteiger partial charge is 0.360 e. The molecule has 162 valence electrons. The fourth-order valence-electron chi connectivity index (χ4n) is 3.13. The van der Waals surface area contributed by atoms with Gasteiger partial charge in [0.1, 0.15) is 11.7 Å². The highest BCUT2D eigenvalue weighted by Gasteiger charge is 2.64. The Hall–Kier alpha value is -2.65. The van der Waals surface area contributed by atoms with E-state index in [0.29, 0.717) is 10.8 Å². The number of carboxylic acids is 1. The van der Waals surface area contributed by atoms with Gasteiger partial charge in [0.25, 0.3) is 11.6 Å². The topological polar surface area (TPSA) is 116 Å². The second-order valence-electron chi connectivity index (χ2n) is 6.52. The number of hydrazone groups is 1. The lowest BCUT2D eigenvalue weighted by Crippen LogP contribution is -2.60. The summed E-state index contributed by atoms with van der Waals surface area (Å²) in [5.74, 6) is -5.66. The Morgan fingerprint density at radius 3 is 2.13 bits per heavy atom. The summed E-state index contributed by atoms with van der Waals surface area (Å²) >= 11 is 17.2. The molecule has 0 aromatic heterocycles. The molecule has 2 aromatic rings. The Morgan fingerprint density at radius 1 is 1.06 bits per heavy atom. The standard InChI is InChI=1S/C20H15Cl3N2O6/c1-31-13-9-7-11(8-10-13)15-14(16(26)20(21,22)23)19(30,18(28)29)25(24-15)17(27)12-5-3-2-4-6-12/h2-10,14,30H,1H3,(H,28,29). The van der Waals surface area contributed by atoms with Crippen LogP contribution in [0.3, 0.4) is 0 Å². The van der Waals surface area contributed by atoms with E-state index in [9.17, 15) is 24.6 Å². The summed E-state index contributed by atoms with van der Waals surface area (Å²) < 4.78 is 2.49. The second-order valence-corrected chi connectivity index (χ2v) is 8.80. The quantitative estimate of drug-likeness (QED) is 0.629. The van der Waals surface area contributed by atoms with Crippen LogP contribution >= 0.6 is 34.8 Å². The number of carbonyl (C=O) groups excluding carboxylic acids is 2. The number of benzene rings is 2. The van der Waals surface area contributed by atoms with Crippen molar-refractivity contribution in [1.29, 1.82) is 0 Å². The fraction of sp³-hybridized carbons (Fsp3) is 0.200. The predicted molar refractivity (Wildman–Crippen MR) is 114 cm³/mol. The van der Waals surface area contributed by atoms with Crippen LogP contribution in [0.5, 0.6) is 5.75 Å². The molecule has 0 saturated heterocycles. The van der Waals surface area contributed by atoms with Gasteiger partial charge in [-0.1, -0.05) is 53.0 Å². The molecule has 1 aliphatic rings. The van der Waals surface area contributed by atoms with Gasteiger partial charge >= 0.3 is 5.97 Å². The SMILES string of the molecule is COc1ccc(C2=NN(C(=O)c3ccccc3)C(O)(C(=O)O)C2C(=O)C(Cl)(Cl)Cl)cc1. The number of ketones is 1. The monoisotopic (exact) mass is 484 g/mol. The van der Waals surface area contributed by atoms with Gasteiger partial charge in [0.15, 0.2) is 5.78 Å². The molecule has 2 atom stereocenters. The predicted octanol–water partition coefficient (Wildman–Crippen LogP) is 2.88. The molecule has 0 fully saturated rings. The van der Waals surface area contributed by atoms with Gasteiger partial charge in [-0.25, -0.2) is 4.79 Å². The number of carbonyl (C=O) groups is 3. The summed E-state index contributed by atoms with van der Waals surface area (Å²) in [6, 6.07) is 13.5. The van der Waals surface area contributed by atoms with E-state index >= 15 is 0 Å². The van der Waals surface area contributed by atoms with E-state index < -0.39 is 33.1 Å². The molecule has 1 amide bonds. The highest BCUT2D eigenvalue weighted by atomic mass is 35.6. The van der Waals surface area contributed by atoms with Crippen LogP contribution in [0.25, 0.3) is 0 Å². The molecule has 2 unspecified atom stereocenters. The lowest BCUT2D eigenvalue weighted by atomic mass is 9.84. The molecular formula is C20H15Cl3N2O6. The molecule has 1 heterocycles. The Kier molecular flexibility index (Phi) is 6.29. The Labute approximate surface area is 191 Å². The summed E-state index contributed by atoms with van der Waals surface area (Å²) in [7, 11) is 1.45. The van der Waals surface area contributed by atoms with Crippen molar-refractivity contribution in [2.45, 2.75) is 9.52 Å². The molecule has 2 aromatic carbocycles. The van der Waals surface area contributed by atoms with Gasteiger partial charge in [-0.05, 0) is 42.0 Å². The van der Waals surface area contributed by atoms with Crippen molar-refractivity contribution < 1.29 is 29.3 Å². The number of halogens is 3. The minimum atomic E-state index is -3.14. The largest absolute Gasteiger partial charge is 0.497 e. The molecular weight excluding hydrogens is 471 g/mol. The van der Waals surface area contributed by atoms with E-state index in [-0.39, 0.29) is 16.8 Å². The van der Waals surface area contributed by atoms with Crippen molar-refractivity contribution >= 4 is 58.2 Å². The van der Waals surface area contributed by atoms with Crippen molar-refractivity contribution in [1.82, 2.24) is 5.01 Å². The summed E-state index contributed by atoms with van der Waals surface area (Å²) in [6.45, 7) is 0. The van der Waals surface area contributed by atoms with Crippen molar-refractivity contribution in [3.63, 3.8) is 0 Å². The fourth-order valence-corrected chi connectivity index (χ4v) is 3.46.